The summed E-state index contributed by atoms with van der Waals surface area (Å²) in [6.07, 6.45) is -0.792. The van der Waals surface area contributed by atoms with Crippen LogP contribution in [-0.4, -0.2) is 41.3 Å². The average molecular weight is 366 g/mol. The highest BCUT2D eigenvalue weighted by atomic mass is 35.5. The monoisotopic (exact) mass is 365 g/mol. The zero-order valence-corrected chi connectivity index (χ0v) is 15.2. The van der Waals surface area contributed by atoms with E-state index in [0.717, 1.165) is 10.7 Å². The zero-order chi connectivity index (χ0) is 18.6. The second-order valence-electron chi connectivity index (χ2n) is 5.60. The molecular weight excluding hydrogens is 346 g/mol. The fourth-order valence-electron chi connectivity index (χ4n) is 2.63. The minimum Gasteiger partial charge on any atom is -0.469 e. The van der Waals surface area contributed by atoms with Crippen LogP contribution in [0.2, 0.25) is 0 Å². The molecule has 1 aliphatic rings. The molecule has 1 amide bonds. The molecule has 7 nitrogen and oxygen atoms in total. The van der Waals surface area contributed by atoms with Crippen LogP contribution in [0.4, 0.5) is 4.79 Å². The Balaban J connectivity index is 2.45. The number of hydrazone groups is 2. The molecule has 8 heteroatoms. The largest absolute Gasteiger partial charge is 0.469 e. The normalized spacial score (nSPS) is 19.4. The molecule has 0 N–H and O–H groups in total. The third-order valence-electron chi connectivity index (χ3n) is 3.77. The van der Waals surface area contributed by atoms with Gasteiger partial charge in [-0.1, -0.05) is 54.0 Å². The Morgan fingerprint density at radius 3 is 2.40 bits per heavy atom. The third-order valence-corrected chi connectivity index (χ3v) is 3.86. The van der Waals surface area contributed by atoms with Gasteiger partial charge < -0.3 is 9.47 Å². The Morgan fingerprint density at radius 2 is 1.84 bits per heavy atom. The highest BCUT2D eigenvalue weighted by molar-refractivity contribution is 6.20. The Bertz CT molecular complexity index is 703. The number of rotatable bonds is 4. The van der Waals surface area contributed by atoms with Crippen LogP contribution in [-0.2, 0) is 14.3 Å². The first-order valence-electron chi connectivity index (χ1n) is 7.76. The minimum absolute atomic E-state index is 0.381. The van der Waals surface area contributed by atoms with E-state index in [1.54, 1.807) is 13.8 Å². The lowest BCUT2D eigenvalue weighted by Gasteiger charge is -2.29. The maximum Gasteiger partial charge on any atom is 0.453 e. The topological polar surface area (TPSA) is 80.6 Å². The van der Waals surface area contributed by atoms with Crippen LogP contribution in [0.25, 0.3) is 0 Å². The Kier molecular flexibility index (Phi) is 6.14. The van der Waals surface area contributed by atoms with Gasteiger partial charge in [-0.3, -0.25) is 4.79 Å². The standard InChI is InChI=1S/C17H20ClN3O4/c1-10(16(22)24-4)14-11(2)19-21(17(23)25-12(3)18)20-15(14)13-8-6-5-7-9-13/h5-10,12,14H,1-4H3. The van der Waals surface area contributed by atoms with Crippen molar-refractivity contribution in [2.45, 2.75) is 26.3 Å². The van der Waals surface area contributed by atoms with Gasteiger partial charge in [0, 0.05) is 5.71 Å². The first-order chi connectivity index (χ1) is 11.8. The maximum absolute atomic E-state index is 12.1. The van der Waals surface area contributed by atoms with Crippen molar-refractivity contribution in [1.29, 1.82) is 0 Å². The van der Waals surface area contributed by atoms with Crippen molar-refractivity contribution in [2.75, 3.05) is 7.11 Å². The second-order valence-corrected chi connectivity index (χ2v) is 6.21. The predicted molar refractivity (Wildman–Crippen MR) is 94.4 cm³/mol. The lowest BCUT2D eigenvalue weighted by Crippen LogP contribution is -2.41. The van der Waals surface area contributed by atoms with Crippen LogP contribution in [0.5, 0.6) is 0 Å². The zero-order valence-electron chi connectivity index (χ0n) is 14.5. The summed E-state index contributed by atoms with van der Waals surface area (Å²) < 4.78 is 9.79. The number of carbonyl (C=O) groups is 2. The summed E-state index contributed by atoms with van der Waals surface area (Å²) >= 11 is 5.69. The molecule has 1 aliphatic heterocycles. The Labute approximate surface area is 151 Å². The molecule has 0 saturated carbocycles. The number of ether oxygens (including phenoxy) is 2. The van der Waals surface area contributed by atoms with Crippen LogP contribution in [0.1, 0.15) is 26.3 Å². The molecule has 1 heterocycles. The van der Waals surface area contributed by atoms with Gasteiger partial charge in [0.2, 0.25) is 0 Å². The van der Waals surface area contributed by atoms with Gasteiger partial charge in [0.05, 0.1) is 24.7 Å². The summed E-state index contributed by atoms with van der Waals surface area (Å²) in [6.45, 7) is 4.98. The predicted octanol–water partition coefficient (Wildman–Crippen LogP) is 3.23. The number of benzene rings is 1. The lowest BCUT2D eigenvalue weighted by molar-refractivity contribution is -0.145. The van der Waals surface area contributed by atoms with Gasteiger partial charge in [-0.05, 0) is 19.4 Å². The molecule has 0 saturated heterocycles. The van der Waals surface area contributed by atoms with Crippen LogP contribution < -0.4 is 0 Å². The van der Waals surface area contributed by atoms with Crippen molar-refractivity contribution in [1.82, 2.24) is 5.12 Å². The number of halogens is 1. The summed E-state index contributed by atoms with van der Waals surface area (Å²) in [4.78, 5) is 24.2. The van der Waals surface area contributed by atoms with Crippen molar-refractivity contribution in [3.8, 4) is 0 Å². The van der Waals surface area contributed by atoms with Crippen LogP contribution >= 0.6 is 11.6 Å². The van der Waals surface area contributed by atoms with E-state index in [-0.39, 0.29) is 5.97 Å². The summed E-state index contributed by atoms with van der Waals surface area (Å²) in [6, 6.07) is 9.27. The summed E-state index contributed by atoms with van der Waals surface area (Å²) in [5.41, 5.74) is 1.04. The van der Waals surface area contributed by atoms with Crippen molar-refractivity contribution in [2.24, 2.45) is 22.0 Å². The van der Waals surface area contributed by atoms with Gasteiger partial charge in [0.25, 0.3) is 0 Å². The number of carbonyl (C=O) groups excluding carboxylic acids is 2. The van der Waals surface area contributed by atoms with E-state index < -0.39 is 23.5 Å². The van der Waals surface area contributed by atoms with Crippen LogP contribution in [0.3, 0.4) is 0 Å². The molecule has 0 radical (unpaired) electrons. The van der Waals surface area contributed by atoms with Crippen LogP contribution in [0, 0.1) is 11.8 Å². The molecule has 0 aromatic heterocycles. The smallest absolute Gasteiger partial charge is 0.453 e. The average Bonchev–Trinajstić information content (AvgIpc) is 2.59. The number of hydrogen-bond acceptors (Lipinski definition) is 6. The summed E-state index contributed by atoms with van der Waals surface area (Å²) in [7, 11) is 1.33. The van der Waals surface area contributed by atoms with Gasteiger partial charge in [-0.15, -0.1) is 5.10 Å². The van der Waals surface area contributed by atoms with E-state index in [1.807, 2.05) is 30.3 Å². The molecule has 25 heavy (non-hydrogen) atoms. The molecule has 0 spiro atoms. The van der Waals surface area contributed by atoms with Gasteiger partial charge in [0.15, 0.2) is 5.56 Å². The third kappa shape index (κ3) is 4.36. The first-order valence-corrected chi connectivity index (χ1v) is 8.20. The SMILES string of the molecule is COC(=O)C(C)C1C(C)=NN(C(=O)OC(C)Cl)N=C1c1ccccc1. The van der Waals surface area contributed by atoms with E-state index in [0.29, 0.717) is 11.4 Å². The molecule has 3 atom stereocenters. The number of alkyl halides is 1. The Morgan fingerprint density at radius 1 is 1.20 bits per heavy atom. The molecule has 3 unspecified atom stereocenters. The van der Waals surface area contributed by atoms with Crippen molar-refractivity contribution >= 4 is 35.1 Å². The van der Waals surface area contributed by atoms with E-state index in [1.165, 1.54) is 14.0 Å². The molecule has 0 fully saturated rings. The van der Waals surface area contributed by atoms with Crippen molar-refractivity contribution in [3.63, 3.8) is 0 Å². The Hall–Kier alpha value is -2.41. The number of hydrogen-bond donors (Lipinski definition) is 0. The molecule has 0 bridgehead atoms. The van der Waals surface area contributed by atoms with Gasteiger partial charge >= 0.3 is 12.1 Å². The van der Waals surface area contributed by atoms with E-state index in [2.05, 4.69) is 10.2 Å². The number of nitrogens with zero attached hydrogens (tertiary/aromatic N) is 3. The van der Waals surface area contributed by atoms with E-state index in [9.17, 15) is 9.59 Å². The maximum atomic E-state index is 12.1. The van der Waals surface area contributed by atoms with E-state index >= 15 is 0 Å². The van der Waals surface area contributed by atoms with Crippen molar-refractivity contribution < 1.29 is 19.1 Å². The quantitative estimate of drug-likeness (QED) is 0.606. The summed E-state index contributed by atoms with van der Waals surface area (Å²) in [5.74, 6) is -1.32. The van der Waals surface area contributed by atoms with Crippen LogP contribution in [0.15, 0.2) is 40.5 Å². The molecule has 134 valence electrons. The summed E-state index contributed by atoms with van der Waals surface area (Å²) in [5, 5.41) is 9.31. The second kappa shape index (κ2) is 8.11. The molecule has 1 aromatic rings. The molecule has 0 aliphatic carbocycles. The van der Waals surface area contributed by atoms with Crippen molar-refractivity contribution in [3.05, 3.63) is 35.9 Å². The molecule has 2 rings (SSSR count). The van der Waals surface area contributed by atoms with E-state index in [4.69, 9.17) is 21.1 Å². The minimum atomic E-state index is -0.815. The molecular formula is C17H20ClN3O4. The lowest BCUT2D eigenvalue weighted by atomic mass is 9.82. The molecule has 1 aromatic carbocycles. The first kappa shape index (κ1) is 18.9. The number of esters is 1. The fraction of sp³-hybridized carbons (Fsp3) is 0.412. The van der Waals surface area contributed by atoms with Gasteiger partial charge in [-0.2, -0.15) is 5.10 Å². The number of amides is 1. The highest BCUT2D eigenvalue weighted by Gasteiger charge is 2.37. The van der Waals surface area contributed by atoms with Gasteiger partial charge in [0.1, 0.15) is 0 Å². The highest BCUT2D eigenvalue weighted by Crippen LogP contribution is 2.26. The fourth-order valence-corrected chi connectivity index (χ4v) is 2.71. The number of methoxy groups -OCH3 is 1. The van der Waals surface area contributed by atoms with Gasteiger partial charge in [-0.25, -0.2) is 4.79 Å².